The lowest BCUT2D eigenvalue weighted by atomic mass is 10.0. The minimum atomic E-state index is -4.81. The summed E-state index contributed by atoms with van der Waals surface area (Å²) in [6.07, 6.45) is -2.16. The van der Waals surface area contributed by atoms with Gasteiger partial charge in [0.1, 0.15) is 5.82 Å². The molecule has 0 spiro atoms. The van der Waals surface area contributed by atoms with Crippen molar-refractivity contribution in [2.45, 2.75) is 52.1 Å². The Hall–Kier alpha value is -4.13. The Morgan fingerprint density at radius 2 is 1.74 bits per heavy atom. The predicted octanol–water partition coefficient (Wildman–Crippen LogP) is 5.87. The molecule has 6 rings (SSSR count). The van der Waals surface area contributed by atoms with Gasteiger partial charge in [0.15, 0.2) is 0 Å². The first-order valence-corrected chi connectivity index (χ1v) is 16.3. The summed E-state index contributed by atoms with van der Waals surface area (Å²) in [7, 11) is 1.87. The van der Waals surface area contributed by atoms with E-state index in [4.69, 9.17) is 0 Å². The van der Waals surface area contributed by atoms with E-state index in [1.165, 1.54) is 25.1 Å². The molecule has 0 fully saturated rings. The molecule has 0 aliphatic carbocycles. The average Bonchev–Trinajstić information content (AvgIpc) is 3.37. The second-order valence-corrected chi connectivity index (χ2v) is 13.1. The van der Waals surface area contributed by atoms with Crippen molar-refractivity contribution in [3.8, 4) is 0 Å². The number of benzene rings is 2. The lowest BCUT2D eigenvalue weighted by molar-refractivity contribution is -0.138. The molecule has 0 bridgehead atoms. The third kappa shape index (κ3) is 6.95. The van der Waals surface area contributed by atoms with Crippen LogP contribution in [0.1, 0.15) is 38.5 Å². The van der Waals surface area contributed by atoms with E-state index in [-0.39, 0.29) is 19.5 Å². The maximum Gasteiger partial charge on any atom is 0.416 e. The topological polar surface area (TPSA) is 63.4 Å². The van der Waals surface area contributed by atoms with Crippen LogP contribution >= 0.6 is 11.3 Å². The number of halogens is 4. The van der Waals surface area contributed by atoms with Gasteiger partial charge in [-0.3, -0.25) is 23.8 Å². The largest absolute Gasteiger partial charge is 0.416 e. The summed E-state index contributed by atoms with van der Waals surface area (Å²) in [5.74, 6) is -1.05. The normalized spacial score (nSPS) is 13.9. The SMILES string of the molecule is Cc1c(CN2CCc3c(c(=O)n(CCN(C)CCc4ccccn4)c(=O)n3Cc3c(F)cccc3C(F)(F)F)C2)sc2ccccc12. The molecule has 4 heterocycles. The van der Waals surface area contributed by atoms with Gasteiger partial charge in [-0.05, 0) is 55.3 Å². The highest BCUT2D eigenvalue weighted by Gasteiger charge is 2.35. The first-order chi connectivity index (χ1) is 22.5. The Morgan fingerprint density at radius 1 is 0.957 bits per heavy atom. The number of nitrogens with zero attached hydrogens (tertiary/aromatic N) is 5. The molecule has 0 atom stereocenters. The van der Waals surface area contributed by atoms with E-state index < -0.39 is 40.9 Å². The van der Waals surface area contributed by atoms with Crippen LogP contribution < -0.4 is 11.2 Å². The number of thiophene rings is 1. The number of alkyl halides is 3. The van der Waals surface area contributed by atoms with Gasteiger partial charge in [-0.15, -0.1) is 11.3 Å². The molecule has 246 valence electrons. The minimum Gasteiger partial charge on any atom is -0.304 e. The van der Waals surface area contributed by atoms with E-state index in [1.54, 1.807) is 17.5 Å². The molecule has 47 heavy (non-hydrogen) atoms. The predicted molar refractivity (Wildman–Crippen MR) is 175 cm³/mol. The van der Waals surface area contributed by atoms with E-state index in [0.717, 1.165) is 28.5 Å². The van der Waals surface area contributed by atoms with Gasteiger partial charge in [-0.2, -0.15) is 13.2 Å². The molecular weight excluding hydrogens is 630 g/mol. The highest BCUT2D eigenvalue weighted by Crippen LogP contribution is 2.34. The Kier molecular flexibility index (Phi) is 9.45. The molecule has 1 aliphatic rings. The molecule has 2 aromatic carbocycles. The molecule has 1 aliphatic heterocycles. The Bertz CT molecular complexity index is 2020. The standard InChI is InChI=1S/C35H35F4N5O2S/c1-23-25-9-3-4-12-31(25)47-32(23)22-42-17-14-30-27(20-42)33(45)43(19-18-41(2)16-13-24-8-5-6-15-40-24)34(46)44(30)21-26-28(35(37,38)39)10-7-11-29(26)36/h3-12,15H,13-14,16-22H2,1-2H3. The molecule has 0 saturated carbocycles. The maximum absolute atomic E-state index is 15.0. The van der Waals surface area contributed by atoms with E-state index in [0.29, 0.717) is 43.9 Å². The van der Waals surface area contributed by atoms with Crippen LogP contribution in [0, 0.1) is 12.7 Å². The fraction of sp³-hybridized carbons (Fsp3) is 0.343. The molecular formula is C35H35F4N5O2S. The molecule has 0 saturated heterocycles. The maximum atomic E-state index is 15.0. The molecule has 0 unspecified atom stereocenters. The average molecular weight is 666 g/mol. The number of hydrogen-bond acceptors (Lipinski definition) is 6. The summed E-state index contributed by atoms with van der Waals surface area (Å²) in [5.41, 5.74) is -0.151. The van der Waals surface area contributed by atoms with Crippen LogP contribution in [0.25, 0.3) is 10.1 Å². The quantitative estimate of drug-likeness (QED) is 0.175. The van der Waals surface area contributed by atoms with Crippen molar-refractivity contribution >= 4 is 21.4 Å². The highest BCUT2D eigenvalue weighted by atomic mass is 32.1. The number of pyridine rings is 1. The van der Waals surface area contributed by atoms with Gasteiger partial charge in [0.25, 0.3) is 5.56 Å². The molecule has 0 amide bonds. The Morgan fingerprint density at radius 3 is 2.49 bits per heavy atom. The van der Waals surface area contributed by atoms with Crippen molar-refractivity contribution in [3.05, 3.63) is 132 Å². The first-order valence-electron chi connectivity index (χ1n) is 15.5. The summed E-state index contributed by atoms with van der Waals surface area (Å²) in [5, 5.41) is 1.18. The Balaban J connectivity index is 1.34. The van der Waals surface area contributed by atoms with Crippen LogP contribution in [-0.4, -0.2) is 50.6 Å². The number of aryl methyl sites for hydroxylation is 1. The summed E-state index contributed by atoms with van der Waals surface area (Å²) in [6, 6.07) is 16.6. The lowest BCUT2D eigenvalue weighted by Gasteiger charge is -2.31. The Labute approximate surface area is 273 Å². The molecule has 3 aromatic heterocycles. The molecule has 12 heteroatoms. The van der Waals surface area contributed by atoms with Crippen molar-refractivity contribution < 1.29 is 17.6 Å². The van der Waals surface area contributed by atoms with Crippen LogP contribution in [0.3, 0.4) is 0 Å². The fourth-order valence-electron chi connectivity index (χ4n) is 6.26. The van der Waals surface area contributed by atoms with Gasteiger partial charge in [-0.25, -0.2) is 9.18 Å². The molecule has 5 aromatic rings. The van der Waals surface area contributed by atoms with Gasteiger partial charge in [-0.1, -0.05) is 30.3 Å². The van der Waals surface area contributed by atoms with Gasteiger partial charge >= 0.3 is 11.9 Å². The van der Waals surface area contributed by atoms with Crippen LogP contribution in [0.2, 0.25) is 0 Å². The summed E-state index contributed by atoms with van der Waals surface area (Å²) in [6.45, 7) is 3.75. The van der Waals surface area contributed by atoms with E-state index in [9.17, 15) is 22.8 Å². The zero-order chi connectivity index (χ0) is 33.3. The van der Waals surface area contributed by atoms with Gasteiger partial charge < -0.3 is 4.90 Å². The van der Waals surface area contributed by atoms with E-state index in [1.807, 2.05) is 42.3 Å². The van der Waals surface area contributed by atoms with Gasteiger partial charge in [0, 0.05) is 84.8 Å². The van der Waals surface area contributed by atoms with Gasteiger partial charge in [0.2, 0.25) is 0 Å². The fourth-order valence-corrected chi connectivity index (χ4v) is 7.51. The van der Waals surface area contributed by atoms with Crippen LogP contribution in [0.5, 0.6) is 0 Å². The number of fused-ring (bicyclic) bond motifs is 2. The van der Waals surface area contributed by atoms with Crippen molar-refractivity contribution in [1.82, 2.24) is 23.9 Å². The van der Waals surface area contributed by atoms with Crippen molar-refractivity contribution in [2.24, 2.45) is 0 Å². The second kappa shape index (κ2) is 13.5. The summed E-state index contributed by atoms with van der Waals surface area (Å²) < 4.78 is 60.4. The second-order valence-electron chi connectivity index (χ2n) is 12.0. The number of hydrogen-bond donors (Lipinski definition) is 0. The van der Waals surface area contributed by atoms with E-state index >= 15 is 4.39 Å². The zero-order valence-corrected chi connectivity index (χ0v) is 27.0. The molecule has 0 N–H and O–H groups in total. The van der Waals surface area contributed by atoms with E-state index in [2.05, 4.69) is 28.9 Å². The smallest absolute Gasteiger partial charge is 0.304 e. The number of rotatable bonds is 10. The number of aromatic nitrogens is 3. The zero-order valence-electron chi connectivity index (χ0n) is 26.2. The van der Waals surface area contributed by atoms with Crippen LogP contribution in [0.15, 0.2) is 76.4 Å². The van der Waals surface area contributed by atoms with Gasteiger partial charge in [0.05, 0.1) is 17.7 Å². The molecule has 0 radical (unpaired) electrons. The van der Waals surface area contributed by atoms with Crippen molar-refractivity contribution in [3.63, 3.8) is 0 Å². The summed E-state index contributed by atoms with van der Waals surface area (Å²) >= 11 is 1.69. The number of likely N-dealkylation sites (N-methyl/N-ethyl adjacent to an activating group) is 1. The monoisotopic (exact) mass is 665 g/mol. The van der Waals surface area contributed by atoms with Crippen molar-refractivity contribution in [1.29, 1.82) is 0 Å². The summed E-state index contributed by atoms with van der Waals surface area (Å²) in [4.78, 5) is 37.5. The minimum absolute atomic E-state index is 0.0302. The van der Waals surface area contributed by atoms with Crippen LogP contribution in [-0.2, 0) is 45.2 Å². The van der Waals surface area contributed by atoms with Crippen molar-refractivity contribution in [2.75, 3.05) is 26.7 Å². The third-order valence-corrected chi connectivity index (χ3v) is 10.2. The molecule has 7 nitrogen and oxygen atoms in total. The lowest BCUT2D eigenvalue weighted by Crippen LogP contribution is -2.49. The first kappa shape index (κ1) is 32.8. The third-order valence-electron chi connectivity index (χ3n) is 8.92. The highest BCUT2D eigenvalue weighted by molar-refractivity contribution is 7.19. The van der Waals surface area contributed by atoms with Crippen LogP contribution in [0.4, 0.5) is 17.6 Å².